The molecule has 1 atom stereocenters. The molecule has 1 aromatic rings. The average Bonchev–Trinajstić information content (AvgIpc) is 2.60. The van der Waals surface area contributed by atoms with Crippen LogP contribution in [0.4, 0.5) is 9.18 Å². The van der Waals surface area contributed by atoms with Gasteiger partial charge in [0.25, 0.3) is 0 Å². The Morgan fingerprint density at radius 3 is 2.69 bits per heavy atom. The van der Waals surface area contributed by atoms with Gasteiger partial charge in [-0.2, -0.15) is 0 Å². The van der Waals surface area contributed by atoms with E-state index in [2.05, 4.69) is 22.5 Å². The molecule has 0 aliphatic carbocycles. The molecule has 1 aliphatic heterocycles. The fourth-order valence-electron chi connectivity index (χ4n) is 3.35. The zero-order chi connectivity index (χ0) is 18.9. The Morgan fingerprint density at radius 2 is 2.04 bits per heavy atom. The standard InChI is InChI=1S/C20H33FN4O/c1-16-8-12-25(13-9-16)11-5-10-22-20(26)23-15-19(24(2)3)17-6-4-7-18(21)14-17/h4,6-7,14,16,19H,5,8-13,15H2,1-3H3,(H2,22,23,26). The minimum absolute atomic E-state index is 0.0632. The molecule has 146 valence electrons. The van der Waals surface area contributed by atoms with Gasteiger partial charge in [-0.1, -0.05) is 19.1 Å². The van der Waals surface area contributed by atoms with Crippen molar-refractivity contribution in [3.63, 3.8) is 0 Å². The van der Waals surface area contributed by atoms with E-state index in [0.29, 0.717) is 13.1 Å². The SMILES string of the molecule is CC1CCN(CCCNC(=O)NCC(c2cccc(F)c2)N(C)C)CC1. The molecule has 0 saturated carbocycles. The summed E-state index contributed by atoms with van der Waals surface area (Å²) < 4.78 is 13.4. The summed E-state index contributed by atoms with van der Waals surface area (Å²) in [6, 6.07) is 6.30. The van der Waals surface area contributed by atoms with Crippen LogP contribution in [0.2, 0.25) is 0 Å². The second-order valence-electron chi connectivity index (χ2n) is 7.55. The lowest BCUT2D eigenvalue weighted by atomic mass is 9.99. The molecule has 0 aromatic heterocycles. The van der Waals surface area contributed by atoms with Crippen molar-refractivity contribution in [2.24, 2.45) is 5.92 Å². The number of amides is 2. The summed E-state index contributed by atoms with van der Waals surface area (Å²) in [4.78, 5) is 16.5. The fraction of sp³-hybridized carbons (Fsp3) is 0.650. The number of hydrogen-bond acceptors (Lipinski definition) is 3. The van der Waals surface area contributed by atoms with Crippen LogP contribution in [0, 0.1) is 11.7 Å². The number of urea groups is 1. The molecule has 6 heteroatoms. The molecule has 2 amide bonds. The normalized spacial score (nSPS) is 17.3. The van der Waals surface area contributed by atoms with Crippen LogP contribution in [-0.2, 0) is 0 Å². The van der Waals surface area contributed by atoms with E-state index in [0.717, 1.165) is 24.4 Å². The van der Waals surface area contributed by atoms with Crippen LogP contribution in [0.15, 0.2) is 24.3 Å². The highest BCUT2D eigenvalue weighted by Crippen LogP contribution is 2.18. The van der Waals surface area contributed by atoms with Gasteiger partial charge in [0, 0.05) is 13.1 Å². The first-order valence-corrected chi connectivity index (χ1v) is 9.61. The zero-order valence-electron chi connectivity index (χ0n) is 16.3. The molecule has 1 heterocycles. The number of piperidine rings is 1. The highest BCUT2D eigenvalue weighted by Gasteiger charge is 2.16. The predicted molar refractivity (Wildman–Crippen MR) is 104 cm³/mol. The van der Waals surface area contributed by atoms with Gasteiger partial charge in [0.2, 0.25) is 0 Å². The lowest BCUT2D eigenvalue weighted by molar-refractivity contribution is 0.190. The van der Waals surface area contributed by atoms with Crippen LogP contribution >= 0.6 is 0 Å². The van der Waals surface area contributed by atoms with Gasteiger partial charge in [-0.05, 0) is 76.6 Å². The van der Waals surface area contributed by atoms with Crippen molar-refractivity contribution in [2.45, 2.75) is 32.2 Å². The molecule has 0 radical (unpaired) electrons. The van der Waals surface area contributed by atoms with E-state index in [1.807, 2.05) is 25.1 Å². The highest BCUT2D eigenvalue weighted by molar-refractivity contribution is 5.73. The van der Waals surface area contributed by atoms with E-state index in [-0.39, 0.29) is 17.9 Å². The van der Waals surface area contributed by atoms with Crippen LogP contribution in [0.5, 0.6) is 0 Å². The van der Waals surface area contributed by atoms with Crippen molar-refractivity contribution >= 4 is 6.03 Å². The number of nitrogens with zero attached hydrogens (tertiary/aromatic N) is 2. The number of likely N-dealkylation sites (tertiary alicyclic amines) is 1. The third-order valence-electron chi connectivity index (χ3n) is 5.13. The molecule has 1 fully saturated rings. The molecule has 1 saturated heterocycles. The summed E-state index contributed by atoms with van der Waals surface area (Å²) in [6.45, 7) is 6.80. The van der Waals surface area contributed by atoms with E-state index in [1.165, 1.54) is 38.1 Å². The molecule has 5 nitrogen and oxygen atoms in total. The summed E-state index contributed by atoms with van der Waals surface area (Å²) in [5.41, 5.74) is 0.856. The molecular weight excluding hydrogens is 331 g/mol. The fourth-order valence-corrected chi connectivity index (χ4v) is 3.35. The summed E-state index contributed by atoms with van der Waals surface area (Å²) in [5.74, 6) is 0.587. The van der Waals surface area contributed by atoms with Crippen LogP contribution in [-0.4, -0.2) is 62.7 Å². The highest BCUT2D eigenvalue weighted by atomic mass is 19.1. The van der Waals surface area contributed by atoms with Crippen LogP contribution in [0.25, 0.3) is 0 Å². The van der Waals surface area contributed by atoms with Gasteiger partial charge in [-0.25, -0.2) is 9.18 Å². The van der Waals surface area contributed by atoms with Gasteiger partial charge in [0.15, 0.2) is 0 Å². The molecule has 2 rings (SSSR count). The van der Waals surface area contributed by atoms with Crippen molar-refractivity contribution < 1.29 is 9.18 Å². The summed E-state index contributed by atoms with van der Waals surface area (Å²) in [5, 5.41) is 5.82. The van der Waals surface area contributed by atoms with E-state index in [1.54, 1.807) is 6.07 Å². The topological polar surface area (TPSA) is 47.6 Å². The number of rotatable bonds is 8. The molecule has 2 N–H and O–H groups in total. The molecule has 1 aliphatic rings. The minimum Gasteiger partial charge on any atom is -0.338 e. The minimum atomic E-state index is -0.258. The summed E-state index contributed by atoms with van der Waals surface area (Å²) >= 11 is 0. The second-order valence-corrected chi connectivity index (χ2v) is 7.55. The summed E-state index contributed by atoms with van der Waals surface area (Å²) in [6.07, 6.45) is 3.52. The Morgan fingerprint density at radius 1 is 1.31 bits per heavy atom. The van der Waals surface area contributed by atoms with E-state index in [9.17, 15) is 9.18 Å². The average molecular weight is 365 g/mol. The number of hydrogen-bond donors (Lipinski definition) is 2. The zero-order valence-corrected chi connectivity index (χ0v) is 16.3. The van der Waals surface area contributed by atoms with Gasteiger partial charge in [0.1, 0.15) is 5.82 Å². The first kappa shape index (κ1) is 20.6. The Kier molecular flexibility index (Phi) is 8.32. The third kappa shape index (κ3) is 6.92. The monoisotopic (exact) mass is 364 g/mol. The molecule has 1 aromatic carbocycles. The van der Waals surface area contributed by atoms with Crippen molar-refractivity contribution in [1.29, 1.82) is 0 Å². The predicted octanol–water partition coefficient (Wildman–Crippen LogP) is 2.85. The second kappa shape index (κ2) is 10.5. The maximum Gasteiger partial charge on any atom is 0.314 e. The molecule has 0 spiro atoms. The Labute approximate surface area is 156 Å². The van der Waals surface area contributed by atoms with Crippen molar-refractivity contribution in [2.75, 3.05) is 46.8 Å². The summed E-state index contributed by atoms with van der Waals surface area (Å²) in [7, 11) is 3.85. The van der Waals surface area contributed by atoms with E-state index >= 15 is 0 Å². The molecular formula is C20H33FN4O. The molecule has 1 unspecified atom stereocenters. The lowest BCUT2D eigenvalue weighted by Crippen LogP contribution is -2.41. The van der Waals surface area contributed by atoms with Crippen molar-refractivity contribution in [3.05, 3.63) is 35.6 Å². The number of benzene rings is 1. The smallest absolute Gasteiger partial charge is 0.314 e. The van der Waals surface area contributed by atoms with Crippen LogP contribution in [0.1, 0.15) is 37.8 Å². The third-order valence-corrected chi connectivity index (χ3v) is 5.13. The van der Waals surface area contributed by atoms with Crippen LogP contribution in [0.3, 0.4) is 0 Å². The Hall–Kier alpha value is -1.66. The molecule has 26 heavy (non-hydrogen) atoms. The Bertz CT molecular complexity index is 558. The number of likely N-dealkylation sites (N-methyl/N-ethyl adjacent to an activating group) is 1. The first-order valence-electron chi connectivity index (χ1n) is 9.61. The number of halogens is 1. The lowest BCUT2D eigenvalue weighted by Gasteiger charge is -2.30. The molecule has 0 bridgehead atoms. The van der Waals surface area contributed by atoms with Crippen LogP contribution < -0.4 is 10.6 Å². The number of carbonyl (C=O) groups excluding carboxylic acids is 1. The van der Waals surface area contributed by atoms with E-state index < -0.39 is 0 Å². The van der Waals surface area contributed by atoms with Crippen molar-refractivity contribution in [3.8, 4) is 0 Å². The number of nitrogens with one attached hydrogen (secondary N) is 2. The largest absolute Gasteiger partial charge is 0.338 e. The number of carbonyl (C=O) groups is 1. The maximum atomic E-state index is 13.4. The van der Waals surface area contributed by atoms with Gasteiger partial charge in [0.05, 0.1) is 6.04 Å². The van der Waals surface area contributed by atoms with Crippen molar-refractivity contribution in [1.82, 2.24) is 20.4 Å². The quantitative estimate of drug-likeness (QED) is 0.698. The van der Waals surface area contributed by atoms with Gasteiger partial charge in [-0.3, -0.25) is 0 Å². The van der Waals surface area contributed by atoms with E-state index in [4.69, 9.17) is 0 Å². The van der Waals surface area contributed by atoms with Gasteiger partial charge in [-0.15, -0.1) is 0 Å². The maximum absolute atomic E-state index is 13.4. The van der Waals surface area contributed by atoms with Gasteiger partial charge < -0.3 is 20.4 Å². The van der Waals surface area contributed by atoms with Gasteiger partial charge >= 0.3 is 6.03 Å². The Balaban J connectivity index is 1.66. The first-order chi connectivity index (χ1) is 12.5.